The summed E-state index contributed by atoms with van der Waals surface area (Å²) in [5, 5.41) is 0. The lowest BCUT2D eigenvalue weighted by atomic mass is 10.0. The van der Waals surface area contributed by atoms with Gasteiger partial charge in [-0.2, -0.15) is 0 Å². The molecule has 2 unspecified atom stereocenters. The van der Waals surface area contributed by atoms with E-state index in [4.69, 9.17) is 18.5 Å². The van der Waals surface area contributed by atoms with Crippen LogP contribution in [-0.2, 0) is 32.7 Å². The SMILES string of the molecule is CC/C=C\C/C=C\C/C=C\CCCCCC(=O)OC(COC(=O)CCCCCCCCCCCCCCCCCCC)COP(=O)(O)OCC[N+](C)(C)C. The number of quaternary nitrogens is 1. The molecule has 0 fully saturated rings. The number of likely N-dealkylation sites (N-methyl/N-ethyl adjacent to an activating group) is 1. The number of hydrogen-bond acceptors (Lipinski definition) is 7. The molecule has 0 saturated heterocycles. The van der Waals surface area contributed by atoms with Gasteiger partial charge in [0.05, 0.1) is 27.7 Å². The monoisotopic (exact) mass is 785 g/mol. The van der Waals surface area contributed by atoms with Gasteiger partial charge in [0.1, 0.15) is 19.8 Å². The average molecular weight is 785 g/mol. The van der Waals surface area contributed by atoms with Crippen LogP contribution in [-0.4, -0.2) is 74.9 Å². The summed E-state index contributed by atoms with van der Waals surface area (Å²) in [6, 6.07) is 0. The van der Waals surface area contributed by atoms with Gasteiger partial charge in [0.15, 0.2) is 6.10 Å². The predicted molar refractivity (Wildman–Crippen MR) is 224 cm³/mol. The number of phosphoric acid groups is 1. The molecule has 0 aliphatic rings. The molecule has 0 amide bonds. The van der Waals surface area contributed by atoms with Crippen molar-refractivity contribution in [3.05, 3.63) is 36.5 Å². The molecule has 316 valence electrons. The smallest absolute Gasteiger partial charge is 0.462 e. The lowest BCUT2D eigenvalue weighted by Gasteiger charge is -2.24. The van der Waals surface area contributed by atoms with E-state index in [-0.39, 0.29) is 32.0 Å². The second-order valence-corrected chi connectivity index (χ2v) is 17.2. The molecule has 0 aliphatic carbocycles. The van der Waals surface area contributed by atoms with Crippen LogP contribution in [0.2, 0.25) is 0 Å². The minimum Gasteiger partial charge on any atom is -0.462 e. The second kappa shape index (κ2) is 36.8. The molecular weight excluding hydrogens is 701 g/mol. The lowest BCUT2D eigenvalue weighted by molar-refractivity contribution is -0.870. The fraction of sp³-hybridized carbons (Fsp3) is 0.818. The topological polar surface area (TPSA) is 108 Å². The molecule has 0 aromatic carbocycles. The van der Waals surface area contributed by atoms with E-state index in [2.05, 4.69) is 50.3 Å². The van der Waals surface area contributed by atoms with Crippen molar-refractivity contribution in [2.75, 3.05) is 47.5 Å². The summed E-state index contributed by atoms with van der Waals surface area (Å²) in [7, 11) is 1.46. The van der Waals surface area contributed by atoms with Crippen LogP contribution in [0.4, 0.5) is 0 Å². The molecule has 1 N–H and O–H groups in total. The third-order valence-corrected chi connectivity index (χ3v) is 10.2. The number of carbonyl (C=O) groups excluding carboxylic acids is 2. The first-order valence-electron chi connectivity index (χ1n) is 21.7. The molecule has 54 heavy (non-hydrogen) atoms. The molecule has 0 heterocycles. The summed E-state index contributed by atoms with van der Waals surface area (Å²) in [5.41, 5.74) is 0. The van der Waals surface area contributed by atoms with Crippen molar-refractivity contribution in [3.8, 4) is 0 Å². The first kappa shape index (κ1) is 52.2. The van der Waals surface area contributed by atoms with Crippen molar-refractivity contribution in [1.82, 2.24) is 0 Å². The van der Waals surface area contributed by atoms with Crippen LogP contribution in [0.25, 0.3) is 0 Å². The average Bonchev–Trinajstić information content (AvgIpc) is 3.12. The van der Waals surface area contributed by atoms with Gasteiger partial charge >= 0.3 is 19.8 Å². The van der Waals surface area contributed by atoms with Crippen molar-refractivity contribution in [2.45, 2.75) is 187 Å². The number of rotatable bonds is 39. The maximum absolute atomic E-state index is 12.6. The number of carbonyl (C=O) groups is 2. The molecule has 0 aromatic rings. The maximum Gasteiger partial charge on any atom is 0.472 e. The molecule has 0 rings (SSSR count). The Morgan fingerprint density at radius 3 is 1.57 bits per heavy atom. The molecule has 0 spiro atoms. The Labute approximate surface area is 331 Å². The van der Waals surface area contributed by atoms with Crippen molar-refractivity contribution >= 4 is 19.8 Å². The largest absolute Gasteiger partial charge is 0.472 e. The van der Waals surface area contributed by atoms with Crippen LogP contribution >= 0.6 is 7.82 Å². The summed E-state index contributed by atoms with van der Waals surface area (Å²) >= 11 is 0. The van der Waals surface area contributed by atoms with Crippen LogP contribution in [0.5, 0.6) is 0 Å². The van der Waals surface area contributed by atoms with Crippen LogP contribution in [0, 0.1) is 0 Å². The third kappa shape index (κ3) is 39.9. The van der Waals surface area contributed by atoms with Gasteiger partial charge in [-0.05, 0) is 44.9 Å². The highest BCUT2D eigenvalue weighted by molar-refractivity contribution is 7.47. The van der Waals surface area contributed by atoms with E-state index in [1.807, 2.05) is 21.1 Å². The zero-order valence-electron chi connectivity index (χ0n) is 35.5. The molecule has 0 saturated carbocycles. The highest BCUT2D eigenvalue weighted by Gasteiger charge is 2.27. The Bertz CT molecular complexity index is 1020. The zero-order valence-corrected chi connectivity index (χ0v) is 36.3. The number of phosphoric ester groups is 1. The van der Waals surface area contributed by atoms with Gasteiger partial charge in [-0.25, -0.2) is 4.57 Å². The minimum absolute atomic E-state index is 0.0264. The number of ether oxygens (including phenoxy) is 2. The van der Waals surface area contributed by atoms with Gasteiger partial charge in [-0.1, -0.05) is 159 Å². The van der Waals surface area contributed by atoms with Crippen LogP contribution in [0.15, 0.2) is 36.5 Å². The standard InChI is InChI=1S/C44H82NO8P/c1-6-8-10-12-14-16-18-20-21-22-23-25-26-28-30-32-34-36-43(46)50-40-42(41-52-54(48,49)51-39-38-45(3,4)5)53-44(47)37-35-33-31-29-27-24-19-17-15-13-11-9-7-2/h9,11,15,17,24,27,42H,6-8,10,12-14,16,18-23,25-26,28-41H2,1-5H3/p+1/b11-9-,17-15-,27-24-. The second-order valence-electron chi connectivity index (χ2n) is 15.7. The predicted octanol–water partition coefficient (Wildman–Crippen LogP) is 12.1. The number of nitrogens with zero attached hydrogens (tertiary/aromatic N) is 1. The Hall–Kier alpha value is -1.77. The number of allylic oxidation sites excluding steroid dienone is 6. The summed E-state index contributed by atoms with van der Waals surface area (Å²) in [6.45, 7) is 4.28. The fourth-order valence-electron chi connectivity index (χ4n) is 5.79. The Kier molecular flexibility index (Phi) is 35.6. The molecule has 2 atom stereocenters. The summed E-state index contributed by atoms with van der Waals surface area (Å²) < 4.78 is 34.2. The molecular formula is C44H83NO8P+. The van der Waals surface area contributed by atoms with Gasteiger partial charge < -0.3 is 18.9 Å². The van der Waals surface area contributed by atoms with Gasteiger partial charge in [0.25, 0.3) is 0 Å². The van der Waals surface area contributed by atoms with E-state index in [0.29, 0.717) is 17.4 Å². The molecule has 0 aromatic heterocycles. The number of esters is 2. The highest BCUT2D eigenvalue weighted by Crippen LogP contribution is 2.43. The maximum atomic E-state index is 12.6. The van der Waals surface area contributed by atoms with E-state index >= 15 is 0 Å². The lowest BCUT2D eigenvalue weighted by Crippen LogP contribution is -2.37. The van der Waals surface area contributed by atoms with Crippen LogP contribution in [0.1, 0.15) is 181 Å². The van der Waals surface area contributed by atoms with E-state index in [1.165, 1.54) is 89.9 Å². The van der Waals surface area contributed by atoms with Gasteiger partial charge in [0.2, 0.25) is 0 Å². The van der Waals surface area contributed by atoms with E-state index in [9.17, 15) is 19.0 Å². The molecule has 9 nitrogen and oxygen atoms in total. The normalized spacial score (nSPS) is 14.0. The van der Waals surface area contributed by atoms with Crippen molar-refractivity contribution in [1.29, 1.82) is 0 Å². The molecule has 0 aliphatic heterocycles. The van der Waals surface area contributed by atoms with Crippen molar-refractivity contribution in [2.24, 2.45) is 0 Å². The Morgan fingerprint density at radius 2 is 1.06 bits per heavy atom. The van der Waals surface area contributed by atoms with Gasteiger partial charge in [-0.15, -0.1) is 0 Å². The van der Waals surface area contributed by atoms with Crippen molar-refractivity contribution < 1.29 is 42.1 Å². The highest BCUT2D eigenvalue weighted by atomic mass is 31.2. The third-order valence-electron chi connectivity index (χ3n) is 9.18. The first-order chi connectivity index (χ1) is 26.0. The number of unbranched alkanes of at least 4 members (excludes halogenated alkanes) is 19. The van der Waals surface area contributed by atoms with Crippen LogP contribution < -0.4 is 0 Å². The number of hydrogen-bond donors (Lipinski definition) is 1. The molecule has 10 heteroatoms. The zero-order chi connectivity index (χ0) is 40.0. The van der Waals surface area contributed by atoms with E-state index in [0.717, 1.165) is 57.8 Å². The van der Waals surface area contributed by atoms with Gasteiger partial charge in [-0.3, -0.25) is 18.6 Å². The summed E-state index contributed by atoms with van der Waals surface area (Å²) in [4.78, 5) is 35.3. The van der Waals surface area contributed by atoms with Crippen LogP contribution in [0.3, 0.4) is 0 Å². The Morgan fingerprint density at radius 1 is 0.593 bits per heavy atom. The summed E-state index contributed by atoms with van der Waals surface area (Å²) in [5.74, 6) is -0.829. The minimum atomic E-state index is -4.38. The fourth-order valence-corrected chi connectivity index (χ4v) is 6.53. The summed E-state index contributed by atoms with van der Waals surface area (Å²) in [6.07, 6.45) is 40.5. The molecule has 0 radical (unpaired) electrons. The quantitative estimate of drug-likeness (QED) is 0.0216. The Balaban J connectivity index is 4.36. The van der Waals surface area contributed by atoms with Gasteiger partial charge in [0, 0.05) is 12.8 Å². The van der Waals surface area contributed by atoms with Crippen molar-refractivity contribution in [3.63, 3.8) is 0 Å². The first-order valence-corrected chi connectivity index (χ1v) is 23.2. The van der Waals surface area contributed by atoms with E-state index < -0.39 is 26.5 Å². The molecule has 0 bridgehead atoms. The van der Waals surface area contributed by atoms with E-state index in [1.54, 1.807) is 0 Å².